The van der Waals surface area contributed by atoms with Gasteiger partial charge < -0.3 is 15.5 Å². The van der Waals surface area contributed by atoms with E-state index < -0.39 is 10.0 Å². The number of carbonyl (C=O) groups is 1. The molecule has 2 aromatic heterocycles. The van der Waals surface area contributed by atoms with Crippen LogP contribution in [0.1, 0.15) is 12.8 Å². The molecule has 11 nitrogen and oxygen atoms in total. The maximum absolute atomic E-state index is 12.6. The third kappa shape index (κ3) is 4.50. The van der Waals surface area contributed by atoms with E-state index in [-0.39, 0.29) is 23.4 Å². The number of para-hydroxylation sites is 1. The quantitative estimate of drug-likeness (QED) is 0.473. The average molecular weight is 459 g/mol. The second-order valence-electron chi connectivity index (χ2n) is 7.82. The number of piperidine rings is 1. The lowest BCUT2D eigenvalue weighted by Gasteiger charge is -2.34. The van der Waals surface area contributed by atoms with E-state index in [0.29, 0.717) is 17.9 Å². The molecule has 0 bridgehead atoms. The van der Waals surface area contributed by atoms with Crippen LogP contribution in [0.25, 0.3) is 11.0 Å². The second kappa shape index (κ2) is 9.09. The Kier molecular flexibility index (Phi) is 6.24. The van der Waals surface area contributed by atoms with Crippen LogP contribution in [-0.4, -0.2) is 78.6 Å². The number of rotatable bonds is 7. The molecule has 12 heteroatoms. The number of sulfonamides is 1. The Morgan fingerprint density at radius 1 is 1.28 bits per heavy atom. The molecular formula is C20H26N8O3S. The van der Waals surface area contributed by atoms with Crippen molar-refractivity contribution in [1.29, 1.82) is 0 Å². The van der Waals surface area contributed by atoms with Gasteiger partial charge in [0, 0.05) is 33.2 Å². The maximum Gasteiger partial charge on any atom is 0.244 e. The minimum Gasteiger partial charge on any atom is -0.375 e. The molecule has 0 spiro atoms. The van der Waals surface area contributed by atoms with Crippen LogP contribution in [0.5, 0.6) is 0 Å². The fraction of sp³-hybridized carbons (Fsp3) is 0.400. The van der Waals surface area contributed by atoms with Crippen LogP contribution in [-0.2, 0) is 14.8 Å². The Bertz CT molecular complexity index is 1210. The Morgan fingerprint density at radius 2 is 2.09 bits per heavy atom. The molecule has 3 N–H and O–H groups in total. The summed E-state index contributed by atoms with van der Waals surface area (Å²) in [6.45, 7) is 1.42. The average Bonchev–Trinajstić information content (AvgIpc) is 3.27. The number of carbonyl (C=O) groups excluding carboxylic acids is 1. The fourth-order valence-corrected chi connectivity index (χ4v) is 4.84. The van der Waals surface area contributed by atoms with E-state index in [1.807, 2.05) is 0 Å². The predicted molar refractivity (Wildman–Crippen MR) is 121 cm³/mol. The molecule has 3 aromatic rings. The zero-order chi connectivity index (χ0) is 22.7. The summed E-state index contributed by atoms with van der Waals surface area (Å²) in [5, 5.41) is 13.7. The maximum atomic E-state index is 12.6. The van der Waals surface area contributed by atoms with Crippen molar-refractivity contribution in [3.05, 3.63) is 36.8 Å². The summed E-state index contributed by atoms with van der Waals surface area (Å²) in [7, 11) is -0.671. The molecule has 1 saturated heterocycles. The van der Waals surface area contributed by atoms with Crippen molar-refractivity contribution in [1.82, 2.24) is 29.8 Å². The number of fused-ring (bicyclic) bond motifs is 1. The van der Waals surface area contributed by atoms with Gasteiger partial charge in [0.05, 0.1) is 23.8 Å². The van der Waals surface area contributed by atoms with Crippen LogP contribution in [0.15, 0.2) is 41.7 Å². The van der Waals surface area contributed by atoms with Crippen molar-refractivity contribution in [2.24, 2.45) is 0 Å². The van der Waals surface area contributed by atoms with Gasteiger partial charge in [0.2, 0.25) is 15.9 Å². The summed E-state index contributed by atoms with van der Waals surface area (Å²) in [5.41, 5.74) is 1.07. The third-order valence-corrected chi connectivity index (χ3v) is 7.27. The molecule has 170 valence electrons. The minimum absolute atomic E-state index is 0.0318. The Balaban J connectivity index is 1.39. The highest BCUT2D eigenvalue weighted by molar-refractivity contribution is 7.89. The molecule has 0 unspecified atom stereocenters. The summed E-state index contributed by atoms with van der Waals surface area (Å²) in [5.74, 6) is 0.591. The number of aromatic amines is 1. The van der Waals surface area contributed by atoms with Crippen molar-refractivity contribution in [3.8, 4) is 0 Å². The van der Waals surface area contributed by atoms with Gasteiger partial charge in [-0.1, -0.05) is 12.1 Å². The Morgan fingerprint density at radius 3 is 2.91 bits per heavy atom. The smallest absolute Gasteiger partial charge is 0.244 e. The number of amides is 1. The van der Waals surface area contributed by atoms with Crippen LogP contribution >= 0.6 is 0 Å². The lowest BCUT2D eigenvalue weighted by atomic mass is 10.1. The number of benzene rings is 1. The van der Waals surface area contributed by atoms with Crippen molar-refractivity contribution in [2.45, 2.75) is 23.8 Å². The van der Waals surface area contributed by atoms with E-state index >= 15 is 0 Å². The lowest BCUT2D eigenvalue weighted by molar-refractivity contribution is -0.120. The summed E-state index contributed by atoms with van der Waals surface area (Å²) in [4.78, 5) is 23.4. The number of hydrogen-bond acceptors (Lipinski definition) is 8. The number of anilines is 2. The van der Waals surface area contributed by atoms with E-state index in [2.05, 4.69) is 35.7 Å². The highest BCUT2D eigenvalue weighted by Crippen LogP contribution is 2.25. The zero-order valence-electron chi connectivity index (χ0n) is 17.9. The minimum atomic E-state index is -3.62. The van der Waals surface area contributed by atoms with Crippen LogP contribution in [0.3, 0.4) is 0 Å². The van der Waals surface area contributed by atoms with Gasteiger partial charge >= 0.3 is 0 Å². The summed E-state index contributed by atoms with van der Waals surface area (Å²) in [6, 6.07) is 6.51. The number of aromatic nitrogens is 4. The van der Waals surface area contributed by atoms with Crippen LogP contribution < -0.4 is 15.5 Å². The molecule has 1 atom stereocenters. The molecule has 1 amide bonds. The molecule has 4 rings (SSSR count). The largest absolute Gasteiger partial charge is 0.375 e. The van der Waals surface area contributed by atoms with Crippen molar-refractivity contribution in [3.63, 3.8) is 0 Å². The number of nitrogens with zero attached hydrogens (tertiary/aromatic N) is 5. The topological polar surface area (TPSA) is 136 Å². The van der Waals surface area contributed by atoms with Gasteiger partial charge in [-0.05, 0) is 25.0 Å². The highest BCUT2D eigenvalue weighted by atomic mass is 32.2. The Hall–Kier alpha value is -3.25. The SMILES string of the molecule is CN(C)S(=O)(=O)c1ccccc1NCC(=O)N[C@@H]1CCCN(c2ncnc3[nH]ncc23)C1. The molecule has 0 aliphatic carbocycles. The normalized spacial score (nSPS) is 17.0. The van der Waals surface area contributed by atoms with E-state index in [9.17, 15) is 13.2 Å². The fourth-order valence-electron chi connectivity index (χ4n) is 3.78. The van der Waals surface area contributed by atoms with E-state index in [0.717, 1.165) is 34.9 Å². The van der Waals surface area contributed by atoms with Gasteiger partial charge in [0.1, 0.15) is 17.0 Å². The van der Waals surface area contributed by atoms with Gasteiger partial charge in [-0.2, -0.15) is 5.10 Å². The molecule has 0 saturated carbocycles. The monoisotopic (exact) mass is 458 g/mol. The molecule has 1 aliphatic rings. The summed E-state index contributed by atoms with van der Waals surface area (Å²) < 4.78 is 26.2. The van der Waals surface area contributed by atoms with Gasteiger partial charge in [-0.3, -0.25) is 9.89 Å². The predicted octanol–water partition coefficient (Wildman–Crippen LogP) is 0.800. The number of H-pyrrole nitrogens is 1. The molecule has 1 aliphatic heterocycles. The Labute approximate surface area is 186 Å². The van der Waals surface area contributed by atoms with Crippen molar-refractivity contribution >= 4 is 38.5 Å². The van der Waals surface area contributed by atoms with Crippen LogP contribution in [0, 0.1) is 0 Å². The molecular weight excluding hydrogens is 432 g/mol. The van der Waals surface area contributed by atoms with Gasteiger partial charge in [-0.15, -0.1) is 0 Å². The standard InChI is InChI=1S/C20H26N8O3S/c1-27(2)32(30,31)17-8-4-3-7-16(17)21-11-18(29)25-14-6-5-9-28(12-14)20-15-10-24-26-19(15)22-13-23-20/h3-4,7-8,10,13-14,21H,5-6,9,11-12H2,1-2H3,(H,25,29)(H,22,23,24,26)/t14-/m1/s1. The van der Waals surface area contributed by atoms with Crippen LogP contribution in [0.2, 0.25) is 0 Å². The van der Waals surface area contributed by atoms with Gasteiger partial charge in [0.25, 0.3) is 0 Å². The molecule has 0 radical (unpaired) electrons. The van der Waals surface area contributed by atoms with E-state index in [4.69, 9.17) is 0 Å². The molecule has 1 fully saturated rings. The van der Waals surface area contributed by atoms with Crippen LogP contribution in [0.4, 0.5) is 11.5 Å². The first kappa shape index (κ1) is 22.0. The van der Waals surface area contributed by atoms with Gasteiger partial charge in [0.15, 0.2) is 5.65 Å². The third-order valence-electron chi connectivity index (χ3n) is 5.40. The lowest BCUT2D eigenvalue weighted by Crippen LogP contribution is -2.49. The van der Waals surface area contributed by atoms with Gasteiger partial charge in [-0.25, -0.2) is 22.7 Å². The first-order valence-electron chi connectivity index (χ1n) is 10.3. The number of hydrogen-bond donors (Lipinski definition) is 3. The van der Waals surface area contributed by atoms with E-state index in [1.165, 1.54) is 26.5 Å². The molecule has 32 heavy (non-hydrogen) atoms. The zero-order valence-corrected chi connectivity index (χ0v) is 18.8. The van der Waals surface area contributed by atoms with Crippen molar-refractivity contribution in [2.75, 3.05) is 43.9 Å². The van der Waals surface area contributed by atoms with E-state index in [1.54, 1.807) is 24.4 Å². The number of nitrogens with one attached hydrogen (secondary N) is 3. The second-order valence-corrected chi connectivity index (χ2v) is 9.94. The summed E-state index contributed by atoms with van der Waals surface area (Å²) in [6.07, 6.45) is 4.97. The summed E-state index contributed by atoms with van der Waals surface area (Å²) >= 11 is 0. The first-order valence-corrected chi connectivity index (χ1v) is 11.7. The molecule has 1 aromatic carbocycles. The highest BCUT2D eigenvalue weighted by Gasteiger charge is 2.25. The van der Waals surface area contributed by atoms with Crippen molar-refractivity contribution < 1.29 is 13.2 Å². The first-order chi connectivity index (χ1) is 15.4. The molecule has 3 heterocycles.